The molecule has 0 heterocycles. The van der Waals surface area contributed by atoms with Crippen LogP contribution in [-0.2, 0) is 9.57 Å². The molecule has 0 radical (unpaired) electrons. The Hall–Kier alpha value is -1.46. The maximum absolute atomic E-state index is 13.3. The fourth-order valence-electron chi connectivity index (χ4n) is 2.17. The van der Waals surface area contributed by atoms with E-state index in [1.807, 2.05) is 6.07 Å². The summed E-state index contributed by atoms with van der Waals surface area (Å²) in [4.78, 5) is 16.2. The lowest BCUT2D eigenvalue weighted by molar-refractivity contribution is 0.0116. The van der Waals surface area contributed by atoms with Crippen molar-refractivity contribution in [1.29, 1.82) is 0 Å². The van der Waals surface area contributed by atoms with Crippen LogP contribution in [0.1, 0.15) is 23.2 Å². The minimum absolute atomic E-state index is 0.0267. The Morgan fingerprint density at radius 3 is 2.67 bits per heavy atom. The molecule has 2 N–H and O–H groups in total. The second-order valence-electron chi connectivity index (χ2n) is 4.49. The zero-order valence-corrected chi connectivity index (χ0v) is 9.92. The monoisotopic (exact) mass is 253 g/mol. The smallest absolute Gasteiger partial charge is 0.338 e. The lowest BCUT2D eigenvalue weighted by atomic mass is 10.1. The number of halogens is 1. The van der Waals surface area contributed by atoms with E-state index in [-0.39, 0.29) is 18.5 Å². The van der Waals surface area contributed by atoms with Gasteiger partial charge >= 0.3 is 5.97 Å². The Morgan fingerprint density at radius 1 is 1.33 bits per heavy atom. The van der Waals surface area contributed by atoms with E-state index >= 15 is 0 Å². The van der Waals surface area contributed by atoms with E-state index in [0.717, 1.165) is 0 Å². The molecule has 0 amide bonds. The van der Waals surface area contributed by atoms with Crippen LogP contribution in [0.15, 0.2) is 30.3 Å². The number of carbonyl (C=O) groups is 1. The Morgan fingerprint density at radius 2 is 2.06 bits per heavy atom. The van der Waals surface area contributed by atoms with Crippen molar-refractivity contribution in [3.05, 3.63) is 35.9 Å². The summed E-state index contributed by atoms with van der Waals surface area (Å²) in [6.45, 7) is 0.202. The summed E-state index contributed by atoms with van der Waals surface area (Å²) in [5.74, 6) is 4.57. The first-order valence-corrected chi connectivity index (χ1v) is 5.92. The van der Waals surface area contributed by atoms with Crippen LogP contribution in [0.25, 0.3) is 0 Å². The Labute approximate surface area is 105 Å². The van der Waals surface area contributed by atoms with Crippen LogP contribution in [0.2, 0.25) is 0 Å². The van der Waals surface area contributed by atoms with Gasteiger partial charge in [0.1, 0.15) is 12.3 Å². The molecule has 1 aromatic rings. The number of esters is 1. The van der Waals surface area contributed by atoms with Crippen LogP contribution in [0.4, 0.5) is 4.39 Å². The first-order chi connectivity index (χ1) is 8.70. The molecule has 0 unspecified atom stereocenters. The van der Waals surface area contributed by atoms with Gasteiger partial charge in [0.2, 0.25) is 0 Å². The predicted molar refractivity (Wildman–Crippen MR) is 63.4 cm³/mol. The molecule has 4 nitrogen and oxygen atoms in total. The average molecular weight is 253 g/mol. The van der Waals surface area contributed by atoms with Gasteiger partial charge in [-0.05, 0) is 30.9 Å². The molecule has 1 aliphatic carbocycles. The number of nitrogens with two attached hydrogens (primary N) is 1. The molecule has 0 saturated heterocycles. The van der Waals surface area contributed by atoms with E-state index in [0.29, 0.717) is 18.4 Å². The normalized spacial score (nSPS) is 27.1. The minimum atomic E-state index is -1.07. The van der Waals surface area contributed by atoms with Crippen molar-refractivity contribution in [3.63, 3.8) is 0 Å². The lowest BCUT2D eigenvalue weighted by Gasteiger charge is -2.10. The third-order valence-electron chi connectivity index (χ3n) is 3.16. The SMILES string of the molecule is NO[C@@H]1C[C@@H](COC(=O)c2ccccc2)C[C@H]1F. The second-order valence-corrected chi connectivity index (χ2v) is 4.49. The molecule has 1 aliphatic rings. The highest BCUT2D eigenvalue weighted by molar-refractivity contribution is 5.89. The van der Waals surface area contributed by atoms with Crippen molar-refractivity contribution >= 4 is 5.97 Å². The number of rotatable bonds is 4. The third kappa shape index (κ3) is 3.05. The third-order valence-corrected chi connectivity index (χ3v) is 3.16. The van der Waals surface area contributed by atoms with Crippen molar-refractivity contribution < 1.29 is 18.8 Å². The average Bonchev–Trinajstić information content (AvgIpc) is 2.77. The zero-order valence-electron chi connectivity index (χ0n) is 9.92. The van der Waals surface area contributed by atoms with Crippen molar-refractivity contribution in [2.75, 3.05) is 6.61 Å². The van der Waals surface area contributed by atoms with E-state index in [1.165, 1.54) is 0 Å². The molecule has 0 aliphatic heterocycles. The van der Waals surface area contributed by atoms with E-state index in [1.54, 1.807) is 24.3 Å². The standard InChI is InChI=1S/C13H16FNO3/c14-11-6-9(7-12(11)18-15)8-17-13(16)10-4-2-1-3-5-10/h1-5,9,11-12H,6-8,15H2/t9-,11+,12+/m0/s1. The molecule has 0 aromatic heterocycles. The number of carbonyl (C=O) groups excluding carboxylic acids is 1. The van der Waals surface area contributed by atoms with Gasteiger partial charge in [0.05, 0.1) is 12.2 Å². The maximum Gasteiger partial charge on any atom is 0.338 e. The molecule has 0 spiro atoms. The molecule has 98 valence electrons. The van der Waals surface area contributed by atoms with Gasteiger partial charge in [-0.15, -0.1) is 0 Å². The quantitative estimate of drug-likeness (QED) is 0.657. The van der Waals surface area contributed by atoms with Gasteiger partial charge in [0, 0.05) is 0 Å². The number of ether oxygens (including phenoxy) is 1. The number of hydrogen-bond acceptors (Lipinski definition) is 4. The fraction of sp³-hybridized carbons (Fsp3) is 0.462. The largest absolute Gasteiger partial charge is 0.462 e. The van der Waals surface area contributed by atoms with Gasteiger partial charge < -0.3 is 4.74 Å². The van der Waals surface area contributed by atoms with Crippen LogP contribution in [-0.4, -0.2) is 24.9 Å². The molecular weight excluding hydrogens is 237 g/mol. The van der Waals surface area contributed by atoms with Crippen molar-refractivity contribution in [1.82, 2.24) is 0 Å². The van der Waals surface area contributed by atoms with Crippen molar-refractivity contribution in [2.24, 2.45) is 11.8 Å². The molecule has 1 fully saturated rings. The number of hydrogen-bond donors (Lipinski definition) is 1. The lowest BCUT2D eigenvalue weighted by Crippen LogP contribution is -2.22. The predicted octanol–water partition coefficient (Wildman–Crippen LogP) is 1.85. The summed E-state index contributed by atoms with van der Waals surface area (Å²) in [6.07, 6.45) is -0.843. The molecule has 1 aromatic carbocycles. The van der Waals surface area contributed by atoms with Crippen molar-refractivity contribution in [2.45, 2.75) is 25.1 Å². The summed E-state index contributed by atoms with van der Waals surface area (Å²) in [5, 5.41) is 0. The minimum Gasteiger partial charge on any atom is -0.462 e. The highest BCUT2D eigenvalue weighted by atomic mass is 19.1. The number of alkyl halides is 1. The Balaban J connectivity index is 1.81. The summed E-state index contributed by atoms with van der Waals surface area (Å²) < 4.78 is 18.5. The van der Waals surface area contributed by atoms with Crippen LogP contribution in [0.5, 0.6) is 0 Å². The van der Waals surface area contributed by atoms with Crippen molar-refractivity contribution in [3.8, 4) is 0 Å². The molecule has 2 rings (SSSR count). The molecule has 5 heteroatoms. The van der Waals surface area contributed by atoms with E-state index < -0.39 is 12.3 Å². The maximum atomic E-state index is 13.3. The van der Waals surface area contributed by atoms with Crippen LogP contribution in [0, 0.1) is 5.92 Å². The zero-order chi connectivity index (χ0) is 13.0. The van der Waals surface area contributed by atoms with Gasteiger partial charge in [-0.25, -0.2) is 15.1 Å². The van der Waals surface area contributed by atoms with Gasteiger partial charge in [-0.1, -0.05) is 18.2 Å². The van der Waals surface area contributed by atoms with E-state index in [9.17, 15) is 9.18 Å². The van der Waals surface area contributed by atoms with Crippen LogP contribution in [0.3, 0.4) is 0 Å². The van der Waals surface area contributed by atoms with E-state index in [2.05, 4.69) is 4.84 Å². The molecular formula is C13H16FNO3. The molecule has 18 heavy (non-hydrogen) atoms. The van der Waals surface area contributed by atoms with Crippen LogP contribution < -0.4 is 5.90 Å². The highest BCUT2D eigenvalue weighted by Crippen LogP contribution is 2.30. The summed E-state index contributed by atoms with van der Waals surface area (Å²) in [5.41, 5.74) is 0.499. The van der Waals surface area contributed by atoms with Gasteiger partial charge in [0.15, 0.2) is 0 Å². The highest BCUT2D eigenvalue weighted by Gasteiger charge is 2.35. The summed E-state index contributed by atoms with van der Waals surface area (Å²) >= 11 is 0. The topological polar surface area (TPSA) is 61.6 Å². The summed E-state index contributed by atoms with van der Waals surface area (Å²) in [6, 6.07) is 8.72. The molecule has 0 bridgehead atoms. The number of benzene rings is 1. The van der Waals surface area contributed by atoms with E-state index in [4.69, 9.17) is 10.6 Å². The first-order valence-electron chi connectivity index (χ1n) is 5.92. The molecule has 3 atom stereocenters. The van der Waals surface area contributed by atoms with Crippen LogP contribution >= 0.6 is 0 Å². The fourth-order valence-corrected chi connectivity index (χ4v) is 2.17. The van der Waals surface area contributed by atoms with Gasteiger partial charge in [-0.3, -0.25) is 4.84 Å². The second kappa shape index (κ2) is 5.93. The first kappa shape index (κ1) is 13.0. The Bertz CT molecular complexity index is 398. The summed E-state index contributed by atoms with van der Waals surface area (Å²) in [7, 11) is 0. The van der Waals surface area contributed by atoms with Gasteiger partial charge in [0.25, 0.3) is 0 Å². The van der Waals surface area contributed by atoms with Gasteiger partial charge in [-0.2, -0.15) is 0 Å². The molecule has 1 saturated carbocycles. The Kier molecular flexibility index (Phi) is 4.28.